The van der Waals surface area contributed by atoms with E-state index in [1.807, 2.05) is 0 Å². The molecule has 0 saturated heterocycles. The van der Waals surface area contributed by atoms with Crippen LogP contribution in [0.25, 0.3) is 0 Å². The summed E-state index contributed by atoms with van der Waals surface area (Å²) < 4.78 is 38.0. The van der Waals surface area contributed by atoms with Crippen LogP contribution in [0.1, 0.15) is 15.9 Å². The zero-order valence-corrected chi connectivity index (χ0v) is 10.2. The molecule has 3 nitrogen and oxygen atoms in total. The summed E-state index contributed by atoms with van der Waals surface area (Å²) in [6.07, 6.45) is -3.00. The lowest BCUT2D eigenvalue weighted by atomic mass is 10.1. The Morgan fingerprint density at radius 1 is 1.32 bits per heavy atom. The highest BCUT2D eigenvalue weighted by Crippen LogP contribution is 2.28. The minimum atomic E-state index is -4.47. The highest BCUT2D eigenvalue weighted by molar-refractivity contribution is 6.33. The highest BCUT2D eigenvalue weighted by Gasteiger charge is 2.32. The molecule has 1 heterocycles. The van der Waals surface area contributed by atoms with Crippen LogP contribution < -0.4 is 0 Å². The van der Waals surface area contributed by atoms with Crippen LogP contribution in [0.5, 0.6) is 0 Å². The number of halogens is 4. The van der Waals surface area contributed by atoms with Crippen molar-refractivity contribution in [3.63, 3.8) is 0 Å². The zero-order valence-electron chi connectivity index (χ0n) is 9.49. The molecule has 0 aliphatic carbocycles. The Balaban J connectivity index is 2.16. The van der Waals surface area contributed by atoms with Crippen molar-refractivity contribution in [2.24, 2.45) is 0 Å². The molecule has 1 aromatic carbocycles. The van der Waals surface area contributed by atoms with E-state index in [1.54, 1.807) is 18.2 Å². The quantitative estimate of drug-likeness (QED) is 0.811. The van der Waals surface area contributed by atoms with Gasteiger partial charge in [0.05, 0.1) is 16.8 Å². The lowest BCUT2D eigenvalue weighted by Crippen LogP contribution is -2.11. The molecule has 0 atom stereocenters. The largest absolute Gasteiger partial charge is 0.419 e. The fourth-order valence-corrected chi connectivity index (χ4v) is 1.76. The number of aromatic nitrogens is 2. The van der Waals surface area contributed by atoms with Crippen molar-refractivity contribution in [1.29, 1.82) is 0 Å². The Morgan fingerprint density at radius 3 is 2.58 bits per heavy atom. The first-order valence-corrected chi connectivity index (χ1v) is 5.63. The molecule has 2 aromatic rings. The number of carbonyl (C=O) groups excluding carboxylic acids is 1. The number of nitrogens with zero attached hydrogens (tertiary/aromatic N) is 2. The van der Waals surface area contributed by atoms with E-state index < -0.39 is 17.5 Å². The number of carbonyl (C=O) groups is 1. The van der Waals surface area contributed by atoms with Crippen LogP contribution in [0.4, 0.5) is 13.2 Å². The van der Waals surface area contributed by atoms with Crippen LogP contribution in [-0.2, 0) is 12.7 Å². The van der Waals surface area contributed by atoms with Crippen molar-refractivity contribution >= 4 is 17.4 Å². The normalized spacial score (nSPS) is 11.6. The van der Waals surface area contributed by atoms with Gasteiger partial charge >= 0.3 is 6.18 Å². The van der Waals surface area contributed by atoms with Crippen LogP contribution >= 0.6 is 11.6 Å². The standard InChI is InChI=1S/C12H8ClF3N2O/c13-10-4-2-1-3-9(10)11(19)7-18-6-8(5-17-18)12(14,15)16/h1-6H,7H2. The maximum atomic E-state index is 12.4. The SMILES string of the molecule is O=C(Cn1cc(C(F)(F)F)cn1)c1ccccc1Cl. The van der Waals surface area contributed by atoms with E-state index in [1.165, 1.54) is 6.07 Å². The average Bonchev–Trinajstić information content (AvgIpc) is 2.77. The predicted molar refractivity (Wildman–Crippen MR) is 63.0 cm³/mol. The van der Waals surface area contributed by atoms with Crippen molar-refractivity contribution < 1.29 is 18.0 Å². The number of Topliss-reactive ketones (excluding diaryl/α,β-unsaturated/α-hetero) is 1. The van der Waals surface area contributed by atoms with E-state index in [9.17, 15) is 18.0 Å². The number of hydrogen-bond donors (Lipinski definition) is 0. The molecule has 1 aromatic heterocycles. The van der Waals surface area contributed by atoms with Gasteiger partial charge in [0.2, 0.25) is 0 Å². The van der Waals surface area contributed by atoms with Crippen molar-refractivity contribution in [1.82, 2.24) is 9.78 Å². The molecular weight excluding hydrogens is 281 g/mol. The summed E-state index contributed by atoms with van der Waals surface area (Å²) in [6, 6.07) is 6.34. The molecule has 2 rings (SSSR count). The van der Waals surface area contributed by atoms with Gasteiger partial charge in [-0.25, -0.2) is 0 Å². The van der Waals surface area contributed by atoms with Crippen LogP contribution in [0.2, 0.25) is 5.02 Å². The van der Waals surface area contributed by atoms with Gasteiger partial charge in [0, 0.05) is 11.8 Å². The second-order valence-electron chi connectivity index (χ2n) is 3.83. The number of benzene rings is 1. The van der Waals surface area contributed by atoms with Gasteiger partial charge in [-0.05, 0) is 12.1 Å². The third-order valence-corrected chi connectivity index (χ3v) is 2.77. The fraction of sp³-hybridized carbons (Fsp3) is 0.167. The van der Waals surface area contributed by atoms with Crippen LogP contribution in [0.3, 0.4) is 0 Å². The summed E-state index contributed by atoms with van der Waals surface area (Å²) >= 11 is 5.83. The molecular formula is C12H8ClF3N2O. The number of rotatable bonds is 3. The Labute approximate surface area is 111 Å². The predicted octanol–water partition coefficient (Wildman–Crippen LogP) is 3.44. The van der Waals surface area contributed by atoms with Gasteiger partial charge in [0.15, 0.2) is 5.78 Å². The monoisotopic (exact) mass is 288 g/mol. The molecule has 0 bridgehead atoms. The fourth-order valence-electron chi connectivity index (χ4n) is 1.52. The number of ketones is 1. The molecule has 0 aliphatic rings. The summed E-state index contributed by atoms with van der Waals surface area (Å²) in [6.45, 7) is -0.292. The van der Waals surface area contributed by atoms with Gasteiger partial charge in [0.1, 0.15) is 6.54 Å². The molecule has 0 amide bonds. The van der Waals surface area contributed by atoms with Gasteiger partial charge < -0.3 is 0 Å². The summed E-state index contributed by atoms with van der Waals surface area (Å²) in [5.74, 6) is -0.401. The van der Waals surface area contributed by atoms with Crippen molar-refractivity contribution in [3.8, 4) is 0 Å². The first-order valence-electron chi connectivity index (χ1n) is 5.25. The number of alkyl halides is 3. The lowest BCUT2D eigenvalue weighted by Gasteiger charge is -2.04. The van der Waals surface area contributed by atoms with Crippen molar-refractivity contribution in [2.75, 3.05) is 0 Å². The first-order chi connectivity index (χ1) is 8.88. The zero-order chi connectivity index (χ0) is 14.0. The maximum Gasteiger partial charge on any atom is 0.419 e. The van der Waals surface area contributed by atoms with E-state index in [4.69, 9.17) is 11.6 Å². The molecule has 100 valence electrons. The molecule has 0 saturated carbocycles. The van der Waals surface area contributed by atoms with Gasteiger partial charge in [0.25, 0.3) is 0 Å². The summed E-state index contributed by atoms with van der Waals surface area (Å²) in [4.78, 5) is 11.9. The van der Waals surface area contributed by atoms with E-state index in [0.717, 1.165) is 10.9 Å². The van der Waals surface area contributed by atoms with Crippen molar-refractivity contribution in [2.45, 2.75) is 12.7 Å². The average molecular weight is 289 g/mol. The van der Waals surface area contributed by atoms with Crippen LogP contribution in [0, 0.1) is 0 Å². The van der Waals surface area contributed by atoms with E-state index in [-0.39, 0.29) is 17.1 Å². The molecule has 0 radical (unpaired) electrons. The molecule has 19 heavy (non-hydrogen) atoms. The molecule has 0 aliphatic heterocycles. The third kappa shape index (κ3) is 3.14. The van der Waals surface area contributed by atoms with E-state index in [0.29, 0.717) is 6.20 Å². The molecule has 7 heteroatoms. The van der Waals surface area contributed by atoms with Gasteiger partial charge in [-0.15, -0.1) is 0 Å². The first kappa shape index (κ1) is 13.6. The number of hydrogen-bond acceptors (Lipinski definition) is 2. The Kier molecular flexibility index (Phi) is 3.61. The van der Waals surface area contributed by atoms with Crippen LogP contribution in [-0.4, -0.2) is 15.6 Å². The van der Waals surface area contributed by atoms with E-state index >= 15 is 0 Å². The Bertz CT molecular complexity index is 607. The molecule has 0 N–H and O–H groups in total. The highest BCUT2D eigenvalue weighted by atomic mass is 35.5. The molecule has 0 spiro atoms. The summed E-state index contributed by atoms with van der Waals surface area (Å²) in [5, 5.41) is 3.77. The smallest absolute Gasteiger partial charge is 0.292 e. The van der Waals surface area contributed by atoms with Crippen molar-refractivity contribution in [3.05, 3.63) is 52.8 Å². The van der Waals surface area contributed by atoms with Gasteiger partial charge in [-0.2, -0.15) is 18.3 Å². The van der Waals surface area contributed by atoms with E-state index in [2.05, 4.69) is 5.10 Å². The van der Waals surface area contributed by atoms with Gasteiger partial charge in [-0.3, -0.25) is 9.48 Å². The second kappa shape index (κ2) is 5.05. The molecule has 0 fully saturated rings. The topological polar surface area (TPSA) is 34.9 Å². The lowest BCUT2D eigenvalue weighted by molar-refractivity contribution is -0.137. The molecule has 0 unspecified atom stereocenters. The summed E-state index contributed by atoms with van der Waals surface area (Å²) in [7, 11) is 0. The summed E-state index contributed by atoms with van der Waals surface area (Å²) in [5.41, 5.74) is -0.632. The third-order valence-electron chi connectivity index (χ3n) is 2.44. The minimum Gasteiger partial charge on any atom is -0.292 e. The Morgan fingerprint density at radius 2 is 2.00 bits per heavy atom. The second-order valence-corrected chi connectivity index (χ2v) is 4.23. The Hall–Kier alpha value is -1.82. The maximum absolute atomic E-state index is 12.4. The minimum absolute atomic E-state index is 0.258. The van der Waals surface area contributed by atoms with Crippen LogP contribution in [0.15, 0.2) is 36.7 Å². The van der Waals surface area contributed by atoms with Gasteiger partial charge in [-0.1, -0.05) is 23.7 Å².